The third kappa shape index (κ3) is 4.59. The van der Waals surface area contributed by atoms with Gasteiger partial charge in [0.15, 0.2) is 5.11 Å². The largest absolute Gasteiger partial charge is 0.496 e. The van der Waals surface area contributed by atoms with Crippen LogP contribution < -0.4 is 20.9 Å². The number of benzene rings is 2. The van der Waals surface area contributed by atoms with Gasteiger partial charge < -0.3 is 10.1 Å². The van der Waals surface area contributed by atoms with Crippen molar-refractivity contribution in [3.63, 3.8) is 0 Å². The van der Waals surface area contributed by atoms with Gasteiger partial charge in [0.2, 0.25) is 0 Å². The minimum atomic E-state index is -0.442. The predicted octanol–water partition coefficient (Wildman–Crippen LogP) is 3.19. The van der Waals surface area contributed by atoms with Gasteiger partial charge in [0.05, 0.1) is 18.4 Å². The Morgan fingerprint density at radius 1 is 1.21 bits per heavy atom. The lowest BCUT2D eigenvalue weighted by Crippen LogP contribution is -2.43. The molecule has 5 nitrogen and oxygen atoms in total. The molecule has 24 heavy (non-hydrogen) atoms. The molecule has 0 saturated carbocycles. The molecule has 0 aliphatic rings. The minimum absolute atomic E-state index is 0.0631. The van der Waals surface area contributed by atoms with Crippen LogP contribution in [0.15, 0.2) is 47.4 Å². The van der Waals surface area contributed by atoms with Crippen LogP contribution >= 0.6 is 24.0 Å². The van der Waals surface area contributed by atoms with E-state index in [0.717, 1.165) is 4.90 Å². The summed E-state index contributed by atoms with van der Waals surface area (Å²) in [6, 6.07) is 11.3. The molecule has 3 N–H and O–H groups in total. The molecule has 0 atom stereocenters. The number of amides is 1. The molecule has 2 aromatic rings. The number of thioether (sulfide) groups is 1. The molecule has 0 fully saturated rings. The molecule has 126 valence electrons. The maximum atomic E-state index is 13.5. The summed E-state index contributed by atoms with van der Waals surface area (Å²) < 4.78 is 18.8. The quantitative estimate of drug-likeness (QED) is 0.439. The van der Waals surface area contributed by atoms with E-state index in [0.29, 0.717) is 11.3 Å². The summed E-state index contributed by atoms with van der Waals surface area (Å²) in [6.45, 7) is 0. The van der Waals surface area contributed by atoms with Crippen molar-refractivity contribution in [1.29, 1.82) is 0 Å². The van der Waals surface area contributed by atoms with Crippen molar-refractivity contribution in [1.82, 2.24) is 10.9 Å². The van der Waals surface area contributed by atoms with Crippen LogP contribution in [0.25, 0.3) is 0 Å². The van der Waals surface area contributed by atoms with E-state index in [4.69, 9.17) is 17.0 Å². The van der Waals surface area contributed by atoms with Crippen molar-refractivity contribution in [3.8, 4) is 5.75 Å². The number of hydrazine groups is 1. The summed E-state index contributed by atoms with van der Waals surface area (Å²) in [5.74, 6) is -0.409. The molecule has 0 bridgehead atoms. The van der Waals surface area contributed by atoms with Gasteiger partial charge in [-0.15, -0.1) is 11.8 Å². The molecule has 8 heteroatoms. The fourth-order valence-corrected chi connectivity index (χ4v) is 2.47. The maximum absolute atomic E-state index is 13.5. The van der Waals surface area contributed by atoms with Crippen molar-refractivity contribution in [2.45, 2.75) is 4.90 Å². The first kappa shape index (κ1) is 18.0. The summed E-state index contributed by atoms with van der Waals surface area (Å²) in [6.07, 6.45) is 1.93. The van der Waals surface area contributed by atoms with Crippen LogP contribution in [-0.4, -0.2) is 24.4 Å². The van der Waals surface area contributed by atoms with Gasteiger partial charge in [-0.1, -0.05) is 12.1 Å². The number of nitrogens with one attached hydrogen (secondary N) is 3. The second kappa shape index (κ2) is 8.51. The average Bonchev–Trinajstić information content (AvgIpc) is 2.61. The van der Waals surface area contributed by atoms with Gasteiger partial charge in [-0.2, -0.15) is 0 Å². The van der Waals surface area contributed by atoms with Gasteiger partial charge in [0, 0.05) is 4.90 Å². The zero-order valence-corrected chi connectivity index (χ0v) is 14.7. The van der Waals surface area contributed by atoms with E-state index in [1.165, 1.54) is 19.2 Å². The number of carbonyl (C=O) groups excluding carboxylic acids is 1. The van der Waals surface area contributed by atoms with Gasteiger partial charge in [-0.25, -0.2) is 4.39 Å². The van der Waals surface area contributed by atoms with Gasteiger partial charge in [0.1, 0.15) is 11.6 Å². The Morgan fingerprint density at radius 3 is 2.62 bits per heavy atom. The predicted molar refractivity (Wildman–Crippen MR) is 98.0 cm³/mol. The molecule has 2 rings (SSSR count). The van der Waals surface area contributed by atoms with Crippen LogP contribution in [0.4, 0.5) is 10.1 Å². The summed E-state index contributed by atoms with van der Waals surface area (Å²) in [7, 11) is 1.49. The Bertz CT molecular complexity index is 756. The zero-order chi connectivity index (χ0) is 17.5. The van der Waals surface area contributed by atoms with E-state index < -0.39 is 11.7 Å². The van der Waals surface area contributed by atoms with E-state index in [1.54, 1.807) is 36.0 Å². The number of anilines is 1. The average molecular weight is 365 g/mol. The monoisotopic (exact) mass is 365 g/mol. The molecule has 2 aromatic carbocycles. The summed E-state index contributed by atoms with van der Waals surface area (Å²) >= 11 is 6.57. The lowest BCUT2D eigenvalue weighted by Gasteiger charge is -2.13. The molecule has 0 saturated heterocycles. The molecule has 0 aliphatic carbocycles. The highest BCUT2D eigenvalue weighted by molar-refractivity contribution is 7.98. The van der Waals surface area contributed by atoms with Crippen LogP contribution in [-0.2, 0) is 0 Å². The van der Waals surface area contributed by atoms with E-state index in [-0.39, 0.29) is 10.8 Å². The number of carbonyl (C=O) groups is 1. The van der Waals surface area contributed by atoms with Crippen molar-refractivity contribution >= 4 is 40.7 Å². The molecule has 0 radical (unpaired) electrons. The summed E-state index contributed by atoms with van der Waals surface area (Å²) in [5, 5.41) is 2.72. The third-order valence-corrected chi connectivity index (χ3v) is 3.99. The standard InChI is InChI=1S/C16H16FN3O2S2/c1-22-14-9-10(24-2)7-8-11(14)15(21)19-20-16(23)18-13-6-4-3-5-12(13)17/h3-9H,1-2H3,(H,19,21)(H2,18,20,23). The SMILES string of the molecule is COc1cc(SC)ccc1C(=O)NNC(=S)Nc1ccccc1F. The second-order valence-corrected chi connectivity index (χ2v) is 5.87. The Morgan fingerprint density at radius 2 is 1.96 bits per heavy atom. The Balaban J connectivity index is 1.98. The number of halogens is 1. The van der Waals surface area contributed by atoms with Crippen LogP contribution in [0.1, 0.15) is 10.4 Å². The molecular formula is C16H16FN3O2S2. The number of para-hydroxylation sites is 1. The van der Waals surface area contributed by atoms with Crippen LogP contribution in [0.5, 0.6) is 5.75 Å². The highest BCUT2D eigenvalue weighted by Gasteiger charge is 2.13. The van der Waals surface area contributed by atoms with Gasteiger partial charge in [-0.3, -0.25) is 15.6 Å². The molecule has 1 amide bonds. The lowest BCUT2D eigenvalue weighted by atomic mass is 10.2. The highest BCUT2D eigenvalue weighted by atomic mass is 32.2. The van der Waals surface area contributed by atoms with E-state index >= 15 is 0 Å². The molecule has 0 spiro atoms. The first-order valence-corrected chi connectivity index (χ1v) is 8.52. The zero-order valence-electron chi connectivity index (χ0n) is 13.1. The van der Waals surface area contributed by atoms with Crippen molar-refractivity contribution in [2.24, 2.45) is 0 Å². The summed E-state index contributed by atoms with van der Waals surface area (Å²) in [5.41, 5.74) is 5.55. The number of thiocarbonyl (C=S) groups is 1. The first-order chi connectivity index (χ1) is 11.5. The van der Waals surface area contributed by atoms with E-state index in [1.807, 2.05) is 12.3 Å². The normalized spacial score (nSPS) is 9.96. The number of rotatable bonds is 4. The van der Waals surface area contributed by atoms with Gasteiger partial charge >= 0.3 is 0 Å². The topological polar surface area (TPSA) is 62.4 Å². The van der Waals surface area contributed by atoms with E-state index in [9.17, 15) is 9.18 Å². The summed E-state index contributed by atoms with van der Waals surface area (Å²) in [4.78, 5) is 13.2. The molecular weight excluding hydrogens is 349 g/mol. The molecule has 0 aliphatic heterocycles. The molecule has 0 aromatic heterocycles. The maximum Gasteiger partial charge on any atom is 0.273 e. The van der Waals surface area contributed by atoms with Crippen molar-refractivity contribution in [3.05, 3.63) is 53.8 Å². The number of hydrogen-bond donors (Lipinski definition) is 3. The highest BCUT2D eigenvalue weighted by Crippen LogP contribution is 2.25. The Kier molecular flexibility index (Phi) is 6.39. The van der Waals surface area contributed by atoms with E-state index in [2.05, 4.69) is 16.2 Å². The third-order valence-electron chi connectivity index (χ3n) is 3.06. The smallest absolute Gasteiger partial charge is 0.273 e. The molecule has 0 unspecified atom stereocenters. The van der Waals surface area contributed by atoms with Crippen LogP contribution in [0.3, 0.4) is 0 Å². The Labute approximate surface area is 148 Å². The van der Waals surface area contributed by atoms with Crippen LogP contribution in [0.2, 0.25) is 0 Å². The van der Waals surface area contributed by atoms with Gasteiger partial charge in [-0.05, 0) is 48.8 Å². The fraction of sp³-hybridized carbons (Fsp3) is 0.125. The number of hydrogen-bond acceptors (Lipinski definition) is 4. The second-order valence-electron chi connectivity index (χ2n) is 4.58. The minimum Gasteiger partial charge on any atom is -0.496 e. The first-order valence-electron chi connectivity index (χ1n) is 6.89. The molecule has 0 heterocycles. The fourth-order valence-electron chi connectivity index (χ4n) is 1.88. The number of ether oxygens (including phenoxy) is 1. The van der Waals surface area contributed by atoms with Crippen LogP contribution in [0, 0.1) is 5.82 Å². The van der Waals surface area contributed by atoms with Crippen molar-refractivity contribution < 1.29 is 13.9 Å². The Hall–Kier alpha value is -2.32. The number of methoxy groups -OCH3 is 1. The van der Waals surface area contributed by atoms with Crippen molar-refractivity contribution in [2.75, 3.05) is 18.7 Å². The van der Waals surface area contributed by atoms with Gasteiger partial charge in [0.25, 0.3) is 5.91 Å². The lowest BCUT2D eigenvalue weighted by molar-refractivity contribution is 0.0941.